The summed E-state index contributed by atoms with van der Waals surface area (Å²) in [5.74, 6) is 1.64. The summed E-state index contributed by atoms with van der Waals surface area (Å²) in [7, 11) is 0. The molecule has 0 spiro atoms. The van der Waals surface area contributed by atoms with Crippen molar-refractivity contribution in [2.75, 3.05) is 9.80 Å². The first-order valence-corrected chi connectivity index (χ1v) is 24.2. The van der Waals surface area contributed by atoms with Crippen molar-refractivity contribution in [3.8, 4) is 67.1 Å². The van der Waals surface area contributed by atoms with Gasteiger partial charge in [-0.15, -0.1) is 0 Å². The monoisotopic (exact) mass is 896 g/mol. The number of fused-ring (bicyclic) bond motifs is 5. The topological polar surface area (TPSA) is 15.7 Å². The maximum atomic E-state index is 7.43. The summed E-state index contributed by atoms with van der Waals surface area (Å²) >= 11 is 0. The molecule has 11 aromatic rings. The molecule has 3 nitrogen and oxygen atoms in total. The van der Waals surface area contributed by atoms with Crippen LogP contribution in [0.5, 0.6) is 11.5 Å². The van der Waals surface area contributed by atoms with Crippen molar-refractivity contribution in [1.29, 1.82) is 0 Å². The molecule has 13 rings (SSSR count). The zero-order valence-corrected chi connectivity index (χ0v) is 39.1. The van der Waals surface area contributed by atoms with Gasteiger partial charge in [0.2, 0.25) is 0 Å². The van der Waals surface area contributed by atoms with E-state index in [-0.39, 0.29) is 5.41 Å². The van der Waals surface area contributed by atoms with Gasteiger partial charge in [0.15, 0.2) is 5.75 Å². The van der Waals surface area contributed by atoms with Crippen LogP contribution in [0.4, 0.5) is 34.1 Å². The van der Waals surface area contributed by atoms with E-state index in [0.717, 1.165) is 67.5 Å². The summed E-state index contributed by atoms with van der Waals surface area (Å²) in [5.41, 5.74) is 20.6. The highest BCUT2D eigenvalue weighted by atomic mass is 16.5. The molecule has 0 bridgehead atoms. The van der Waals surface area contributed by atoms with Crippen LogP contribution in [0.2, 0.25) is 0 Å². The largest absolute Gasteiger partial charge is 0.454 e. The van der Waals surface area contributed by atoms with Gasteiger partial charge < -0.3 is 14.5 Å². The van der Waals surface area contributed by atoms with Crippen LogP contribution in [0.15, 0.2) is 255 Å². The van der Waals surface area contributed by atoms with E-state index < -0.39 is 0 Å². The first kappa shape index (κ1) is 41.3. The van der Waals surface area contributed by atoms with Crippen LogP contribution >= 0.6 is 0 Å². The lowest BCUT2D eigenvalue weighted by Crippen LogP contribution is -2.17. The molecule has 0 aromatic heterocycles. The molecule has 1 aliphatic heterocycles. The molecule has 11 aromatic carbocycles. The molecule has 0 saturated carbocycles. The first-order chi connectivity index (χ1) is 34.5. The molecule has 2 aliphatic rings. The molecule has 0 N–H and O–H groups in total. The summed E-state index contributed by atoms with van der Waals surface area (Å²) in [6.45, 7) is 4.70. The maximum absolute atomic E-state index is 7.43. The van der Waals surface area contributed by atoms with Crippen LogP contribution in [0, 0.1) is 0 Å². The Hall–Kier alpha value is -8.92. The third kappa shape index (κ3) is 6.89. The molecule has 0 unspecified atom stereocenters. The van der Waals surface area contributed by atoms with Crippen LogP contribution < -0.4 is 14.5 Å². The quantitative estimate of drug-likeness (QED) is 0.144. The Balaban J connectivity index is 0.987. The number of nitrogens with zero attached hydrogens (tertiary/aromatic N) is 2. The van der Waals surface area contributed by atoms with Gasteiger partial charge in [0, 0.05) is 39.1 Å². The standard InChI is InChI=1S/C67H48N2O/c1-67(2)59-25-13-12-23-56(59)57-42-41-55(44-60(57)67)69(54-39-32-50(33-40-54)47-20-10-5-11-21-47)62-43-34-51-22-14-24-58-64(51)66(62)70-63-27-15-26-61(65(58)63)68(52-35-28-48(29-36-52)45-16-6-3-7-17-45)53-37-30-49(31-38-53)46-18-8-4-9-19-46/h3-44H,1-2H3. The molecule has 0 fully saturated rings. The second kappa shape index (κ2) is 16.7. The van der Waals surface area contributed by atoms with E-state index in [1.165, 1.54) is 55.6 Å². The van der Waals surface area contributed by atoms with E-state index >= 15 is 0 Å². The molecular weight excluding hydrogens is 849 g/mol. The number of rotatable bonds is 9. The van der Waals surface area contributed by atoms with E-state index in [1.54, 1.807) is 0 Å². The van der Waals surface area contributed by atoms with Crippen molar-refractivity contribution in [3.63, 3.8) is 0 Å². The summed E-state index contributed by atoms with van der Waals surface area (Å²) < 4.78 is 7.43. The van der Waals surface area contributed by atoms with Crippen molar-refractivity contribution in [3.05, 3.63) is 266 Å². The minimum absolute atomic E-state index is 0.170. The molecule has 0 radical (unpaired) electrons. The summed E-state index contributed by atoms with van der Waals surface area (Å²) in [4.78, 5) is 4.77. The SMILES string of the molecule is CC1(C)c2ccccc2-c2ccc(N(c3ccc(-c4ccccc4)cc3)c3ccc4cccc5c4c3Oc3cccc(N(c4ccc(-c6ccccc6)cc4)c4ccc(-c6ccccc6)cc4)c3-5)cc21. The molecule has 0 atom stereocenters. The number of hydrogen-bond acceptors (Lipinski definition) is 3. The van der Waals surface area contributed by atoms with Crippen molar-refractivity contribution in [2.45, 2.75) is 19.3 Å². The highest BCUT2D eigenvalue weighted by Gasteiger charge is 2.36. The van der Waals surface area contributed by atoms with Crippen LogP contribution in [-0.2, 0) is 5.41 Å². The highest BCUT2D eigenvalue weighted by molar-refractivity contribution is 6.11. The Bertz CT molecular complexity index is 3650. The van der Waals surface area contributed by atoms with Gasteiger partial charge in [-0.3, -0.25) is 0 Å². The molecule has 0 amide bonds. The van der Waals surface area contributed by atoms with Gasteiger partial charge in [0.25, 0.3) is 0 Å². The summed E-state index contributed by atoms with van der Waals surface area (Å²) in [6.07, 6.45) is 0. The second-order valence-electron chi connectivity index (χ2n) is 18.9. The van der Waals surface area contributed by atoms with E-state index in [0.29, 0.717) is 0 Å². The fourth-order valence-electron chi connectivity index (χ4n) is 11.0. The Kier molecular flexibility index (Phi) is 9.85. The van der Waals surface area contributed by atoms with Crippen molar-refractivity contribution in [1.82, 2.24) is 0 Å². The number of benzene rings is 11. The van der Waals surface area contributed by atoms with Crippen molar-refractivity contribution in [2.24, 2.45) is 0 Å². The van der Waals surface area contributed by atoms with Gasteiger partial charge in [-0.05, 0) is 133 Å². The predicted octanol–water partition coefficient (Wildman–Crippen LogP) is 18.9. The average molecular weight is 897 g/mol. The highest BCUT2D eigenvalue weighted by Crippen LogP contribution is 2.57. The van der Waals surface area contributed by atoms with Gasteiger partial charge in [0.05, 0.1) is 11.4 Å². The zero-order valence-electron chi connectivity index (χ0n) is 39.1. The number of hydrogen-bond donors (Lipinski definition) is 0. The van der Waals surface area contributed by atoms with Gasteiger partial charge in [0.1, 0.15) is 5.75 Å². The van der Waals surface area contributed by atoms with Crippen LogP contribution in [0.1, 0.15) is 25.0 Å². The number of anilines is 6. The zero-order chi connectivity index (χ0) is 46.8. The third-order valence-corrected chi connectivity index (χ3v) is 14.5. The smallest absolute Gasteiger partial charge is 0.159 e. The average Bonchev–Trinajstić information content (AvgIpc) is 3.65. The molecule has 70 heavy (non-hydrogen) atoms. The molecular formula is C67H48N2O. The normalized spacial score (nSPS) is 12.7. The van der Waals surface area contributed by atoms with E-state index in [4.69, 9.17) is 4.74 Å². The Labute approximate surface area is 409 Å². The Morgan fingerprint density at radius 1 is 0.329 bits per heavy atom. The Morgan fingerprint density at radius 3 is 1.36 bits per heavy atom. The molecule has 0 saturated heterocycles. The van der Waals surface area contributed by atoms with E-state index in [2.05, 4.69) is 278 Å². The fraction of sp³-hybridized carbons (Fsp3) is 0.0448. The Morgan fingerprint density at radius 2 is 0.786 bits per heavy atom. The summed E-state index contributed by atoms with van der Waals surface area (Å²) in [5, 5.41) is 2.20. The molecule has 1 aliphatic carbocycles. The van der Waals surface area contributed by atoms with Gasteiger partial charge >= 0.3 is 0 Å². The van der Waals surface area contributed by atoms with Gasteiger partial charge in [-0.1, -0.05) is 202 Å². The first-order valence-electron chi connectivity index (χ1n) is 24.2. The minimum atomic E-state index is -0.170. The second-order valence-corrected chi connectivity index (χ2v) is 18.9. The van der Waals surface area contributed by atoms with Crippen molar-refractivity contribution >= 4 is 44.9 Å². The van der Waals surface area contributed by atoms with Crippen LogP contribution in [0.25, 0.3) is 66.4 Å². The molecule has 332 valence electrons. The van der Waals surface area contributed by atoms with Crippen molar-refractivity contribution < 1.29 is 4.74 Å². The lowest BCUT2D eigenvalue weighted by Gasteiger charge is -2.34. The predicted molar refractivity (Wildman–Crippen MR) is 293 cm³/mol. The number of ether oxygens (including phenoxy) is 1. The van der Waals surface area contributed by atoms with E-state index in [1.807, 2.05) is 0 Å². The fourth-order valence-corrected chi connectivity index (χ4v) is 11.0. The summed E-state index contributed by atoms with van der Waals surface area (Å²) in [6, 6.07) is 92.1. The lowest BCUT2D eigenvalue weighted by atomic mass is 9.82. The van der Waals surface area contributed by atoms with Gasteiger partial charge in [-0.25, -0.2) is 0 Å². The van der Waals surface area contributed by atoms with E-state index in [9.17, 15) is 0 Å². The van der Waals surface area contributed by atoms with Crippen LogP contribution in [0.3, 0.4) is 0 Å². The molecule has 1 heterocycles. The maximum Gasteiger partial charge on any atom is 0.159 e. The van der Waals surface area contributed by atoms with Crippen LogP contribution in [-0.4, -0.2) is 0 Å². The lowest BCUT2D eigenvalue weighted by molar-refractivity contribution is 0.488. The third-order valence-electron chi connectivity index (χ3n) is 14.5. The van der Waals surface area contributed by atoms with Gasteiger partial charge in [-0.2, -0.15) is 0 Å². The molecule has 3 heteroatoms. The minimum Gasteiger partial charge on any atom is -0.454 e.